The molecule has 6 nitrogen and oxygen atoms in total. The Bertz CT molecular complexity index is 784. The predicted octanol–water partition coefficient (Wildman–Crippen LogP) is 0.940. The van der Waals surface area contributed by atoms with Crippen LogP contribution in [0.25, 0.3) is 6.08 Å². The van der Waals surface area contributed by atoms with Crippen molar-refractivity contribution in [2.24, 2.45) is 0 Å². The maximum absolute atomic E-state index is 12.7. The molecular weight excluding hydrogens is 374 g/mol. The van der Waals surface area contributed by atoms with Crippen molar-refractivity contribution in [1.82, 2.24) is 10.6 Å². The number of morpholine rings is 1. The molecule has 1 saturated heterocycles. The van der Waals surface area contributed by atoms with Crippen molar-refractivity contribution in [3.8, 4) is 0 Å². The lowest BCUT2D eigenvalue weighted by Gasteiger charge is -2.23. The highest BCUT2D eigenvalue weighted by Gasteiger charge is 2.16. The van der Waals surface area contributed by atoms with Crippen LogP contribution >= 0.6 is 11.3 Å². The van der Waals surface area contributed by atoms with Crippen molar-refractivity contribution >= 4 is 29.2 Å². The summed E-state index contributed by atoms with van der Waals surface area (Å²) in [5, 5.41) is 7.62. The molecular formula is C21H26N3O3S+. The van der Waals surface area contributed by atoms with Gasteiger partial charge in [0.1, 0.15) is 18.8 Å². The van der Waals surface area contributed by atoms with E-state index in [1.807, 2.05) is 23.6 Å². The molecule has 1 aromatic carbocycles. The molecule has 3 rings (SSSR count). The summed E-state index contributed by atoms with van der Waals surface area (Å²) in [6.07, 6.45) is 2.61. The van der Waals surface area contributed by atoms with Gasteiger partial charge in [-0.2, -0.15) is 0 Å². The summed E-state index contributed by atoms with van der Waals surface area (Å²) in [7, 11) is 0. The molecule has 2 aromatic rings. The number of nitrogens with one attached hydrogen (secondary N) is 3. The molecule has 0 bridgehead atoms. The molecule has 0 unspecified atom stereocenters. The summed E-state index contributed by atoms with van der Waals surface area (Å²) in [6.45, 7) is 5.23. The van der Waals surface area contributed by atoms with Gasteiger partial charge in [0.15, 0.2) is 0 Å². The van der Waals surface area contributed by atoms with Gasteiger partial charge in [0.25, 0.3) is 11.8 Å². The number of thiophene rings is 1. The average molecular weight is 401 g/mol. The van der Waals surface area contributed by atoms with Crippen LogP contribution in [0.2, 0.25) is 0 Å². The lowest BCUT2D eigenvalue weighted by molar-refractivity contribution is -0.908. The molecule has 148 valence electrons. The topological polar surface area (TPSA) is 71.9 Å². The molecule has 0 radical (unpaired) electrons. The second-order valence-electron chi connectivity index (χ2n) is 6.62. The SMILES string of the molecule is O=C(NCCC[NH+]1CCOCC1)/C(=C\c1cccs1)NC(=O)c1ccccc1. The first-order chi connectivity index (χ1) is 13.7. The normalized spacial score (nSPS) is 15.2. The smallest absolute Gasteiger partial charge is 0.267 e. The Morgan fingerprint density at radius 3 is 2.61 bits per heavy atom. The van der Waals surface area contributed by atoms with E-state index in [-0.39, 0.29) is 17.5 Å². The fourth-order valence-electron chi connectivity index (χ4n) is 3.00. The van der Waals surface area contributed by atoms with Gasteiger partial charge < -0.3 is 20.3 Å². The van der Waals surface area contributed by atoms with Crippen molar-refractivity contribution in [3.05, 3.63) is 64.0 Å². The second-order valence-corrected chi connectivity index (χ2v) is 7.59. The third-order valence-corrected chi connectivity index (χ3v) is 5.37. The molecule has 0 aliphatic carbocycles. The quantitative estimate of drug-likeness (QED) is 0.456. The molecule has 2 heterocycles. The molecule has 28 heavy (non-hydrogen) atoms. The molecule has 0 atom stereocenters. The number of carbonyl (C=O) groups is 2. The van der Waals surface area contributed by atoms with Crippen LogP contribution in [0.4, 0.5) is 0 Å². The van der Waals surface area contributed by atoms with E-state index >= 15 is 0 Å². The number of ether oxygens (including phenoxy) is 1. The number of amides is 2. The van der Waals surface area contributed by atoms with Gasteiger partial charge >= 0.3 is 0 Å². The van der Waals surface area contributed by atoms with Gasteiger partial charge in [-0.25, -0.2) is 0 Å². The molecule has 7 heteroatoms. The van der Waals surface area contributed by atoms with Crippen molar-refractivity contribution in [2.45, 2.75) is 6.42 Å². The van der Waals surface area contributed by atoms with E-state index in [0.29, 0.717) is 12.1 Å². The number of quaternary nitrogens is 1. The second kappa shape index (κ2) is 10.8. The van der Waals surface area contributed by atoms with Crippen LogP contribution in [-0.2, 0) is 9.53 Å². The number of hydrogen-bond donors (Lipinski definition) is 3. The largest absolute Gasteiger partial charge is 0.370 e. The van der Waals surface area contributed by atoms with Crippen LogP contribution in [0.5, 0.6) is 0 Å². The summed E-state index contributed by atoms with van der Waals surface area (Å²) >= 11 is 1.52. The number of carbonyl (C=O) groups excluding carboxylic acids is 2. The van der Waals surface area contributed by atoms with E-state index in [4.69, 9.17) is 4.74 Å². The summed E-state index contributed by atoms with van der Waals surface area (Å²) in [5.74, 6) is -0.564. The summed E-state index contributed by atoms with van der Waals surface area (Å²) in [4.78, 5) is 27.6. The van der Waals surface area contributed by atoms with Crippen molar-refractivity contribution < 1.29 is 19.2 Å². The van der Waals surface area contributed by atoms with Crippen LogP contribution in [0, 0.1) is 0 Å². The molecule has 1 fully saturated rings. The van der Waals surface area contributed by atoms with Gasteiger partial charge in [-0.3, -0.25) is 9.59 Å². The van der Waals surface area contributed by atoms with E-state index in [9.17, 15) is 9.59 Å². The first-order valence-electron chi connectivity index (χ1n) is 9.53. The zero-order valence-electron chi connectivity index (χ0n) is 15.8. The Morgan fingerprint density at radius 1 is 1.11 bits per heavy atom. The van der Waals surface area contributed by atoms with Crippen molar-refractivity contribution in [2.75, 3.05) is 39.4 Å². The minimum absolute atomic E-state index is 0.259. The van der Waals surface area contributed by atoms with Gasteiger partial charge in [-0.15, -0.1) is 11.3 Å². The Kier molecular flexibility index (Phi) is 7.78. The number of hydrogen-bond acceptors (Lipinski definition) is 4. The van der Waals surface area contributed by atoms with Gasteiger partial charge in [0.2, 0.25) is 0 Å². The standard InChI is InChI=1S/C21H25N3O3S/c25-20(17-6-2-1-3-7-17)23-19(16-18-8-4-15-28-18)21(26)22-9-5-10-24-11-13-27-14-12-24/h1-4,6-8,15-16H,5,9-14H2,(H,22,26)(H,23,25)/p+1/b19-16+. The van der Waals surface area contributed by atoms with Crippen LogP contribution in [0.15, 0.2) is 53.5 Å². The molecule has 0 saturated carbocycles. The fraction of sp³-hybridized carbons (Fsp3) is 0.333. The molecule has 1 aliphatic heterocycles. The Hall–Kier alpha value is -2.48. The number of rotatable bonds is 8. The zero-order valence-corrected chi connectivity index (χ0v) is 16.6. The third-order valence-electron chi connectivity index (χ3n) is 4.55. The predicted molar refractivity (Wildman–Crippen MR) is 110 cm³/mol. The van der Waals surface area contributed by atoms with Gasteiger partial charge in [0, 0.05) is 23.4 Å². The van der Waals surface area contributed by atoms with Gasteiger partial charge in [-0.1, -0.05) is 24.3 Å². The minimum atomic E-state index is -0.295. The Balaban J connectivity index is 1.56. The third kappa shape index (κ3) is 6.30. The zero-order chi connectivity index (χ0) is 19.6. The lowest BCUT2D eigenvalue weighted by atomic mass is 10.2. The van der Waals surface area contributed by atoms with E-state index in [1.54, 1.807) is 30.3 Å². The maximum Gasteiger partial charge on any atom is 0.267 e. The van der Waals surface area contributed by atoms with Crippen molar-refractivity contribution in [3.63, 3.8) is 0 Å². The van der Waals surface area contributed by atoms with Crippen LogP contribution in [0.3, 0.4) is 0 Å². The summed E-state index contributed by atoms with van der Waals surface area (Å²) < 4.78 is 5.36. The minimum Gasteiger partial charge on any atom is -0.370 e. The van der Waals surface area contributed by atoms with Gasteiger partial charge in [0.05, 0.1) is 19.8 Å². The highest BCUT2D eigenvalue weighted by Crippen LogP contribution is 2.13. The van der Waals surface area contributed by atoms with E-state index in [2.05, 4.69) is 10.6 Å². The first-order valence-corrected chi connectivity index (χ1v) is 10.4. The maximum atomic E-state index is 12.7. The fourth-order valence-corrected chi connectivity index (χ4v) is 3.66. The van der Waals surface area contributed by atoms with Crippen molar-refractivity contribution in [1.29, 1.82) is 0 Å². The molecule has 1 aliphatic rings. The molecule has 2 amide bonds. The Labute approximate surface area is 169 Å². The monoisotopic (exact) mass is 400 g/mol. The van der Waals surface area contributed by atoms with E-state index < -0.39 is 0 Å². The van der Waals surface area contributed by atoms with Crippen LogP contribution < -0.4 is 15.5 Å². The van der Waals surface area contributed by atoms with Gasteiger partial charge in [-0.05, 0) is 29.7 Å². The average Bonchev–Trinajstić information content (AvgIpc) is 3.25. The number of benzene rings is 1. The highest BCUT2D eigenvalue weighted by molar-refractivity contribution is 7.10. The molecule has 0 spiro atoms. The lowest BCUT2D eigenvalue weighted by Crippen LogP contribution is -3.14. The summed E-state index contributed by atoms with van der Waals surface area (Å²) in [5.41, 5.74) is 0.776. The Morgan fingerprint density at radius 2 is 1.89 bits per heavy atom. The summed E-state index contributed by atoms with van der Waals surface area (Å²) in [6, 6.07) is 12.7. The van der Waals surface area contributed by atoms with Crippen LogP contribution in [0.1, 0.15) is 21.7 Å². The van der Waals surface area contributed by atoms with Crippen LogP contribution in [-0.4, -0.2) is 51.2 Å². The highest BCUT2D eigenvalue weighted by atomic mass is 32.1. The van der Waals surface area contributed by atoms with E-state index in [1.165, 1.54) is 16.2 Å². The van der Waals surface area contributed by atoms with E-state index in [0.717, 1.165) is 44.1 Å². The first kappa shape index (κ1) is 20.3. The molecule has 1 aromatic heterocycles. The molecule has 3 N–H and O–H groups in total.